The van der Waals surface area contributed by atoms with E-state index < -0.39 is 18.2 Å². The molecule has 1 heterocycles. The van der Waals surface area contributed by atoms with Crippen LogP contribution < -0.4 is 0 Å². The van der Waals surface area contributed by atoms with Crippen LogP contribution in [0.15, 0.2) is 71.4 Å². The number of allylic oxidation sites excluding steroid dienone is 9. The standard InChI is InChI=1S/C34H52O6/c1-8-13-29(35)30(36)23-26(5)15-11-14-25(4)22-27(6)20-21-34(38)40-32-18-12-19-33(37)39-31(24(2)3)17-10-9-16-28(32)7/h9-11,14-15,20-24,28-32,35-36H,8,12-13,16-19H2,1-7H3/b10-9+,15-11+,21-20+,25-14+,26-23+,27-22+/t28-,29-,30-,31?,32-/m0/s1. The van der Waals surface area contributed by atoms with Crippen molar-refractivity contribution in [2.45, 2.75) is 118 Å². The van der Waals surface area contributed by atoms with E-state index >= 15 is 0 Å². The first kappa shape index (κ1) is 35.3. The van der Waals surface area contributed by atoms with Crippen LogP contribution in [0.5, 0.6) is 0 Å². The molecule has 5 atom stereocenters. The van der Waals surface area contributed by atoms with E-state index in [-0.39, 0.29) is 30.0 Å². The maximum Gasteiger partial charge on any atom is 0.331 e. The molecule has 0 amide bonds. The smallest absolute Gasteiger partial charge is 0.331 e. The zero-order chi connectivity index (χ0) is 30.1. The number of carbonyl (C=O) groups is 2. The van der Waals surface area contributed by atoms with Gasteiger partial charge in [0.15, 0.2) is 0 Å². The van der Waals surface area contributed by atoms with Gasteiger partial charge in [0, 0.05) is 18.9 Å². The van der Waals surface area contributed by atoms with E-state index in [0.29, 0.717) is 32.1 Å². The summed E-state index contributed by atoms with van der Waals surface area (Å²) in [5, 5.41) is 19.9. The van der Waals surface area contributed by atoms with Crippen molar-refractivity contribution in [3.63, 3.8) is 0 Å². The second-order valence-electron chi connectivity index (χ2n) is 11.3. The number of rotatable bonds is 11. The molecule has 0 aromatic rings. The van der Waals surface area contributed by atoms with Crippen molar-refractivity contribution in [3.05, 3.63) is 71.4 Å². The van der Waals surface area contributed by atoms with Crippen LogP contribution in [-0.2, 0) is 19.1 Å². The summed E-state index contributed by atoms with van der Waals surface area (Å²) in [5.41, 5.74) is 2.77. The molecule has 2 N–H and O–H groups in total. The van der Waals surface area contributed by atoms with Crippen LogP contribution in [0.3, 0.4) is 0 Å². The summed E-state index contributed by atoms with van der Waals surface area (Å²) in [5.74, 6) is -0.184. The number of ether oxygens (including phenoxy) is 2. The average molecular weight is 557 g/mol. The molecule has 0 saturated heterocycles. The SMILES string of the molecule is CCC[C@H](O)[C@@H](O)/C=C(C)/C=C/C=C(C)/C=C(C)/C=C/C(=O)O[C@H]1CCCC(=O)OC(C(C)C)C/C=C/C[C@@H]1C. The van der Waals surface area contributed by atoms with Crippen LogP contribution >= 0.6 is 0 Å². The van der Waals surface area contributed by atoms with Crippen LogP contribution in [0, 0.1) is 11.8 Å². The number of aliphatic hydroxyl groups is 2. The second kappa shape index (κ2) is 19.4. The molecule has 0 spiro atoms. The third-order valence-corrected chi connectivity index (χ3v) is 6.91. The van der Waals surface area contributed by atoms with Crippen molar-refractivity contribution in [2.24, 2.45) is 11.8 Å². The maximum absolute atomic E-state index is 12.6. The molecule has 0 saturated carbocycles. The molecule has 1 rings (SSSR count). The van der Waals surface area contributed by atoms with E-state index in [1.54, 1.807) is 12.2 Å². The summed E-state index contributed by atoms with van der Waals surface area (Å²) in [6, 6.07) is 0. The van der Waals surface area contributed by atoms with Crippen LogP contribution in [0.2, 0.25) is 0 Å². The minimum absolute atomic E-state index is 0.103. The van der Waals surface area contributed by atoms with Gasteiger partial charge in [-0.2, -0.15) is 0 Å². The summed E-state index contributed by atoms with van der Waals surface area (Å²) in [6.45, 7) is 13.9. The van der Waals surface area contributed by atoms with Crippen molar-refractivity contribution < 1.29 is 29.3 Å². The van der Waals surface area contributed by atoms with Crippen LogP contribution in [0.4, 0.5) is 0 Å². The van der Waals surface area contributed by atoms with Gasteiger partial charge in [-0.1, -0.05) is 99.4 Å². The number of carbonyl (C=O) groups excluding carboxylic acids is 2. The molecule has 0 bridgehead atoms. The molecule has 1 aliphatic rings. The van der Waals surface area contributed by atoms with Crippen molar-refractivity contribution in [1.29, 1.82) is 0 Å². The largest absolute Gasteiger partial charge is 0.462 e. The third-order valence-electron chi connectivity index (χ3n) is 6.91. The van der Waals surface area contributed by atoms with Crippen LogP contribution in [-0.4, -0.2) is 46.6 Å². The maximum atomic E-state index is 12.6. The molecule has 0 fully saturated rings. The number of esters is 2. The first-order valence-corrected chi connectivity index (χ1v) is 14.7. The van der Waals surface area contributed by atoms with Gasteiger partial charge in [0.05, 0.1) is 12.2 Å². The van der Waals surface area contributed by atoms with E-state index in [0.717, 1.165) is 29.6 Å². The van der Waals surface area contributed by atoms with Gasteiger partial charge >= 0.3 is 11.9 Å². The highest BCUT2D eigenvalue weighted by molar-refractivity contribution is 5.82. The van der Waals surface area contributed by atoms with Gasteiger partial charge in [0.25, 0.3) is 0 Å². The summed E-state index contributed by atoms with van der Waals surface area (Å²) < 4.78 is 11.4. The molecule has 0 aliphatic carbocycles. The van der Waals surface area contributed by atoms with E-state index in [2.05, 4.69) is 32.9 Å². The summed E-state index contributed by atoms with van der Waals surface area (Å²) in [7, 11) is 0. The lowest BCUT2D eigenvalue weighted by molar-refractivity contribution is -0.151. The molecule has 0 aromatic carbocycles. The van der Waals surface area contributed by atoms with Gasteiger partial charge in [0.1, 0.15) is 12.2 Å². The molecular formula is C34H52O6. The number of cyclic esters (lactones) is 1. The van der Waals surface area contributed by atoms with Gasteiger partial charge in [0.2, 0.25) is 0 Å². The van der Waals surface area contributed by atoms with Gasteiger partial charge in [-0.25, -0.2) is 4.79 Å². The molecule has 0 aromatic heterocycles. The Morgan fingerprint density at radius 2 is 1.77 bits per heavy atom. The molecule has 224 valence electrons. The highest BCUT2D eigenvalue weighted by Crippen LogP contribution is 2.22. The zero-order valence-electron chi connectivity index (χ0n) is 25.6. The molecule has 1 unspecified atom stereocenters. The Morgan fingerprint density at radius 3 is 2.45 bits per heavy atom. The first-order chi connectivity index (χ1) is 18.9. The third kappa shape index (κ3) is 15.2. The summed E-state index contributed by atoms with van der Waals surface area (Å²) in [4.78, 5) is 24.9. The van der Waals surface area contributed by atoms with Gasteiger partial charge in [-0.3, -0.25) is 4.79 Å². The Labute approximate surface area is 242 Å². The minimum atomic E-state index is -0.874. The topological polar surface area (TPSA) is 93.1 Å². The number of hydrogen-bond acceptors (Lipinski definition) is 6. The molecule has 0 radical (unpaired) electrons. The van der Waals surface area contributed by atoms with E-state index in [9.17, 15) is 19.8 Å². The Bertz CT molecular complexity index is 965. The van der Waals surface area contributed by atoms with Crippen molar-refractivity contribution in [2.75, 3.05) is 0 Å². The van der Waals surface area contributed by atoms with E-state index in [1.165, 1.54) is 6.08 Å². The normalized spacial score (nSPS) is 24.9. The molecule has 40 heavy (non-hydrogen) atoms. The van der Waals surface area contributed by atoms with E-state index in [4.69, 9.17) is 9.47 Å². The monoisotopic (exact) mass is 556 g/mol. The number of hydrogen-bond donors (Lipinski definition) is 2. The van der Waals surface area contributed by atoms with Crippen LogP contribution in [0.1, 0.15) is 93.4 Å². The fourth-order valence-corrected chi connectivity index (χ4v) is 4.38. The molecule has 6 nitrogen and oxygen atoms in total. The highest BCUT2D eigenvalue weighted by atomic mass is 16.5. The fraction of sp³-hybridized carbons (Fsp3) is 0.588. The Morgan fingerprint density at radius 1 is 1.07 bits per heavy atom. The molecule has 6 heteroatoms. The Hall–Kier alpha value is -2.70. The minimum Gasteiger partial charge on any atom is -0.462 e. The molecular weight excluding hydrogens is 504 g/mol. The lowest BCUT2D eigenvalue weighted by Crippen LogP contribution is -2.26. The zero-order valence-corrected chi connectivity index (χ0v) is 25.6. The highest BCUT2D eigenvalue weighted by Gasteiger charge is 2.23. The van der Waals surface area contributed by atoms with Crippen LogP contribution in [0.25, 0.3) is 0 Å². The number of aliphatic hydroxyl groups excluding tert-OH is 2. The van der Waals surface area contributed by atoms with E-state index in [1.807, 2.05) is 52.0 Å². The quantitative estimate of drug-likeness (QED) is 0.122. The second-order valence-corrected chi connectivity index (χ2v) is 11.3. The average Bonchev–Trinajstić information content (AvgIpc) is 2.87. The lowest BCUT2D eigenvalue weighted by Gasteiger charge is -2.24. The Kier molecular flexibility index (Phi) is 17.1. The lowest BCUT2D eigenvalue weighted by atomic mass is 9.94. The van der Waals surface area contributed by atoms with Crippen molar-refractivity contribution in [1.82, 2.24) is 0 Å². The van der Waals surface area contributed by atoms with Crippen molar-refractivity contribution >= 4 is 11.9 Å². The van der Waals surface area contributed by atoms with Crippen molar-refractivity contribution in [3.8, 4) is 0 Å². The van der Waals surface area contributed by atoms with Gasteiger partial charge in [-0.15, -0.1) is 0 Å². The summed E-state index contributed by atoms with van der Waals surface area (Å²) >= 11 is 0. The van der Waals surface area contributed by atoms with Gasteiger partial charge in [-0.05, 0) is 58.3 Å². The summed E-state index contributed by atoms with van der Waals surface area (Å²) in [6.07, 6.45) is 19.1. The Balaban J connectivity index is 2.73. The predicted molar refractivity (Wildman–Crippen MR) is 162 cm³/mol. The fourth-order valence-electron chi connectivity index (χ4n) is 4.38. The predicted octanol–water partition coefficient (Wildman–Crippen LogP) is 7.10. The first-order valence-electron chi connectivity index (χ1n) is 14.7. The molecule has 1 aliphatic heterocycles. The van der Waals surface area contributed by atoms with Gasteiger partial charge < -0.3 is 19.7 Å².